The summed E-state index contributed by atoms with van der Waals surface area (Å²) in [4.78, 5) is 16.3. The zero-order valence-corrected chi connectivity index (χ0v) is 11.5. The summed E-state index contributed by atoms with van der Waals surface area (Å²) in [6.45, 7) is 3.03. The van der Waals surface area contributed by atoms with Crippen LogP contribution in [0.2, 0.25) is 0 Å². The van der Waals surface area contributed by atoms with Crippen molar-refractivity contribution in [2.45, 2.75) is 13.3 Å². The SMILES string of the molecule is CCN(C)/C=N/C=C/C/C=N\C(=N/C)N(C)C. The van der Waals surface area contributed by atoms with Gasteiger partial charge in [-0.3, -0.25) is 4.99 Å². The van der Waals surface area contributed by atoms with Gasteiger partial charge in [-0.2, -0.15) is 0 Å². The van der Waals surface area contributed by atoms with Crippen molar-refractivity contribution >= 4 is 18.5 Å². The number of guanidine groups is 1. The first-order valence-electron chi connectivity index (χ1n) is 5.67. The normalized spacial score (nSPS) is 13.1. The minimum Gasteiger partial charge on any atom is -0.366 e. The molecule has 0 saturated carbocycles. The topological polar surface area (TPSA) is 43.6 Å². The molecule has 0 atom stereocenters. The van der Waals surface area contributed by atoms with Gasteiger partial charge in [0.25, 0.3) is 0 Å². The van der Waals surface area contributed by atoms with E-state index in [9.17, 15) is 0 Å². The van der Waals surface area contributed by atoms with E-state index in [1.54, 1.807) is 19.6 Å². The van der Waals surface area contributed by atoms with Gasteiger partial charge in [0.15, 0.2) is 0 Å². The Kier molecular flexibility index (Phi) is 8.64. The Morgan fingerprint density at radius 3 is 2.47 bits per heavy atom. The second-order valence-electron chi connectivity index (χ2n) is 3.69. The maximum absolute atomic E-state index is 4.23. The van der Waals surface area contributed by atoms with E-state index in [4.69, 9.17) is 0 Å². The molecule has 5 nitrogen and oxygen atoms in total. The molecule has 0 N–H and O–H groups in total. The molecule has 0 aromatic rings. The lowest BCUT2D eigenvalue weighted by molar-refractivity contribution is 0.552. The molecule has 0 fully saturated rings. The average Bonchev–Trinajstić information content (AvgIpc) is 2.31. The van der Waals surface area contributed by atoms with E-state index >= 15 is 0 Å². The van der Waals surface area contributed by atoms with Crippen molar-refractivity contribution in [3.63, 3.8) is 0 Å². The molecule has 0 amide bonds. The fraction of sp³-hybridized carbons (Fsp3) is 0.583. The predicted molar refractivity (Wildman–Crippen MR) is 76.1 cm³/mol. The van der Waals surface area contributed by atoms with E-state index in [-0.39, 0.29) is 0 Å². The largest absolute Gasteiger partial charge is 0.366 e. The summed E-state index contributed by atoms with van der Waals surface area (Å²) < 4.78 is 0. The lowest BCUT2D eigenvalue weighted by Crippen LogP contribution is -2.19. The molecule has 0 aliphatic heterocycles. The van der Waals surface area contributed by atoms with Gasteiger partial charge in [0, 0.05) is 53.6 Å². The van der Waals surface area contributed by atoms with E-state index in [0.29, 0.717) is 5.96 Å². The number of hydrogen-bond donors (Lipinski definition) is 0. The van der Waals surface area contributed by atoms with Crippen LogP contribution in [0.25, 0.3) is 0 Å². The van der Waals surface area contributed by atoms with Crippen molar-refractivity contribution < 1.29 is 0 Å². The van der Waals surface area contributed by atoms with Gasteiger partial charge >= 0.3 is 0 Å². The summed E-state index contributed by atoms with van der Waals surface area (Å²) in [5.74, 6) is 0.715. The molecule has 0 aliphatic carbocycles. The van der Waals surface area contributed by atoms with Crippen LogP contribution in [0.3, 0.4) is 0 Å². The van der Waals surface area contributed by atoms with E-state index in [2.05, 4.69) is 21.9 Å². The Morgan fingerprint density at radius 2 is 1.94 bits per heavy atom. The monoisotopic (exact) mass is 237 g/mol. The van der Waals surface area contributed by atoms with Crippen LogP contribution < -0.4 is 0 Å². The van der Waals surface area contributed by atoms with E-state index in [1.165, 1.54) is 0 Å². The van der Waals surface area contributed by atoms with E-state index in [1.807, 2.05) is 43.2 Å². The second kappa shape index (κ2) is 9.57. The van der Waals surface area contributed by atoms with Gasteiger partial charge in [-0.15, -0.1) is 0 Å². The number of aliphatic imine (C=N–C) groups is 3. The van der Waals surface area contributed by atoms with Crippen LogP contribution in [-0.4, -0.2) is 63.0 Å². The number of hydrogen-bond acceptors (Lipinski definition) is 2. The Labute approximate surface area is 104 Å². The molecular formula is C12H23N5. The first kappa shape index (κ1) is 15.3. The summed E-state index contributed by atoms with van der Waals surface area (Å²) in [6.07, 6.45) is 8.09. The van der Waals surface area contributed by atoms with Crippen LogP contribution in [-0.2, 0) is 0 Å². The van der Waals surface area contributed by atoms with E-state index in [0.717, 1.165) is 13.0 Å². The van der Waals surface area contributed by atoms with Gasteiger partial charge in [0.2, 0.25) is 5.96 Å². The Hall–Kier alpha value is -1.65. The summed E-state index contributed by atoms with van der Waals surface area (Å²) >= 11 is 0. The Balaban J connectivity index is 3.95. The third-order valence-electron chi connectivity index (χ3n) is 2.00. The summed E-state index contributed by atoms with van der Waals surface area (Å²) in [7, 11) is 7.55. The van der Waals surface area contributed by atoms with Gasteiger partial charge in [0.1, 0.15) is 0 Å². The third-order valence-corrected chi connectivity index (χ3v) is 2.00. The molecule has 0 aromatic heterocycles. The predicted octanol–water partition coefficient (Wildman–Crippen LogP) is 1.49. The number of rotatable bonds is 5. The zero-order valence-electron chi connectivity index (χ0n) is 11.5. The van der Waals surface area contributed by atoms with Crippen LogP contribution in [0.1, 0.15) is 13.3 Å². The van der Waals surface area contributed by atoms with Crippen molar-refractivity contribution in [2.75, 3.05) is 34.7 Å². The Morgan fingerprint density at radius 1 is 1.24 bits per heavy atom. The molecular weight excluding hydrogens is 214 g/mol. The fourth-order valence-electron chi connectivity index (χ4n) is 0.924. The molecule has 0 heterocycles. The van der Waals surface area contributed by atoms with Gasteiger partial charge < -0.3 is 9.80 Å². The molecule has 0 spiro atoms. The van der Waals surface area contributed by atoms with Crippen molar-refractivity contribution in [3.8, 4) is 0 Å². The maximum Gasteiger partial charge on any atom is 0.219 e. The van der Waals surface area contributed by atoms with Crippen LogP contribution in [0.5, 0.6) is 0 Å². The first-order chi connectivity index (χ1) is 8.11. The van der Waals surface area contributed by atoms with Crippen LogP contribution in [0, 0.1) is 0 Å². The molecule has 0 rings (SSSR count). The molecule has 0 saturated heterocycles. The third kappa shape index (κ3) is 8.19. The van der Waals surface area contributed by atoms with Crippen molar-refractivity contribution in [3.05, 3.63) is 12.3 Å². The minimum absolute atomic E-state index is 0.715. The molecule has 5 heteroatoms. The van der Waals surface area contributed by atoms with Crippen LogP contribution in [0.15, 0.2) is 27.3 Å². The molecule has 0 bridgehead atoms. The smallest absolute Gasteiger partial charge is 0.219 e. The summed E-state index contributed by atoms with van der Waals surface area (Å²) in [6, 6.07) is 0. The highest BCUT2D eigenvalue weighted by molar-refractivity contribution is 5.87. The highest BCUT2D eigenvalue weighted by atomic mass is 15.2. The Bertz CT molecular complexity index is 302. The average molecular weight is 237 g/mol. The molecule has 0 radical (unpaired) electrons. The highest BCUT2D eigenvalue weighted by Gasteiger charge is 1.93. The molecule has 0 unspecified atom stereocenters. The first-order valence-corrected chi connectivity index (χ1v) is 5.67. The van der Waals surface area contributed by atoms with Gasteiger partial charge in [-0.05, 0) is 6.92 Å². The number of allylic oxidation sites excluding steroid dienone is 1. The molecule has 17 heavy (non-hydrogen) atoms. The van der Waals surface area contributed by atoms with Crippen molar-refractivity contribution in [1.82, 2.24) is 9.80 Å². The van der Waals surface area contributed by atoms with E-state index < -0.39 is 0 Å². The van der Waals surface area contributed by atoms with Gasteiger partial charge in [-0.25, -0.2) is 9.98 Å². The quantitative estimate of drug-likeness (QED) is 0.537. The second-order valence-corrected chi connectivity index (χ2v) is 3.69. The lowest BCUT2D eigenvalue weighted by atomic mass is 10.4. The minimum atomic E-state index is 0.715. The number of nitrogens with zero attached hydrogens (tertiary/aromatic N) is 5. The van der Waals surface area contributed by atoms with Crippen molar-refractivity contribution in [1.29, 1.82) is 0 Å². The fourth-order valence-corrected chi connectivity index (χ4v) is 0.924. The van der Waals surface area contributed by atoms with Gasteiger partial charge in [0.05, 0.1) is 6.34 Å². The zero-order chi connectivity index (χ0) is 13.1. The maximum atomic E-state index is 4.23. The standard InChI is InChI=1S/C12H23N5/c1-6-17(5)11-14-9-7-8-10-15-12(13-2)16(3)4/h7,9-11H,6,8H2,1-5H3/b9-7+,13-12+,14-11+,15-10-. The van der Waals surface area contributed by atoms with Gasteiger partial charge in [-0.1, -0.05) is 6.08 Å². The van der Waals surface area contributed by atoms with Crippen LogP contribution >= 0.6 is 0 Å². The molecule has 96 valence electrons. The lowest BCUT2D eigenvalue weighted by Gasteiger charge is -2.09. The van der Waals surface area contributed by atoms with Crippen LogP contribution in [0.4, 0.5) is 0 Å². The molecule has 0 aromatic carbocycles. The highest BCUT2D eigenvalue weighted by Crippen LogP contribution is 1.87. The summed E-state index contributed by atoms with van der Waals surface area (Å²) in [5, 5.41) is 0. The molecule has 0 aliphatic rings. The van der Waals surface area contributed by atoms with Crippen molar-refractivity contribution in [2.24, 2.45) is 15.0 Å². The summed E-state index contributed by atoms with van der Waals surface area (Å²) in [5.41, 5.74) is 0.